The van der Waals surface area contributed by atoms with Gasteiger partial charge in [-0.25, -0.2) is 0 Å². The van der Waals surface area contributed by atoms with Gasteiger partial charge in [0.15, 0.2) is 0 Å². The second-order valence-corrected chi connectivity index (χ2v) is 5.21. The van der Waals surface area contributed by atoms with Crippen LogP contribution in [-0.2, 0) is 11.2 Å². The van der Waals surface area contributed by atoms with Crippen LogP contribution in [0.25, 0.3) is 0 Å². The fourth-order valence-corrected chi connectivity index (χ4v) is 2.27. The highest BCUT2D eigenvalue weighted by Gasteiger charge is 2.18. The predicted molar refractivity (Wildman–Crippen MR) is 80.0 cm³/mol. The molecule has 0 aromatic heterocycles. The SMILES string of the molecule is CCN(C(=O)Cc1ccc(N)cc1)C(C)CN(C)C. The van der Waals surface area contributed by atoms with E-state index >= 15 is 0 Å². The smallest absolute Gasteiger partial charge is 0.227 e. The van der Waals surface area contributed by atoms with Gasteiger partial charge in [-0.2, -0.15) is 0 Å². The first-order valence-corrected chi connectivity index (χ1v) is 6.72. The van der Waals surface area contributed by atoms with Crippen molar-refractivity contribution < 1.29 is 4.79 Å². The first-order chi connectivity index (χ1) is 8.93. The van der Waals surface area contributed by atoms with Gasteiger partial charge in [0, 0.05) is 24.8 Å². The molecule has 0 saturated heterocycles. The van der Waals surface area contributed by atoms with E-state index in [-0.39, 0.29) is 11.9 Å². The molecule has 2 N–H and O–H groups in total. The number of anilines is 1. The van der Waals surface area contributed by atoms with Crippen LogP contribution in [0.5, 0.6) is 0 Å². The van der Waals surface area contributed by atoms with Gasteiger partial charge in [0.25, 0.3) is 0 Å². The van der Waals surface area contributed by atoms with Crippen LogP contribution >= 0.6 is 0 Å². The fraction of sp³-hybridized carbons (Fsp3) is 0.533. The summed E-state index contributed by atoms with van der Waals surface area (Å²) in [5, 5.41) is 0. The largest absolute Gasteiger partial charge is 0.399 e. The third-order valence-electron chi connectivity index (χ3n) is 3.16. The Morgan fingerprint density at radius 1 is 1.26 bits per heavy atom. The summed E-state index contributed by atoms with van der Waals surface area (Å²) in [5.74, 6) is 0.168. The molecule has 0 aliphatic rings. The van der Waals surface area contributed by atoms with Gasteiger partial charge in [-0.15, -0.1) is 0 Å². The molecule has 1 rings (SSSR count). The van der Waals surface area contributed by atoms with E-state index in [4.69, 9.17) is 5.73 Å². The van der Waals surface area contributed by atoms with Gasteiger partial charge in [0.2, 0.25) is 5.91 Å². The first kappa shape index (κ1) is 15.5. The molecule has 0 radical (unpaired) electrons. The van der Waals surface area contributed by atoms with E-state index in [1.165, 1.54) is 0 Å². The van der Waals surface area contributed by atoms with Gasteiger partial charge in [-0.05, 0) is 45.6 Å². The Hall–Kier alpha value is -1.55. The summed E-state index contributed by atoms with van der Waals surface area (Å²) < 4.78 is 0. The first-order valence-electron chi connectivity index (χ1n) is 6.72. The monoisotopic (exact) mass is 263 g/mol. The number of rotatable bonds is 6. The van der Waals surface area contributed by atoms with Crippen LogP contribution in [0.15, 0.2) is 24.3 Å². The minimum atomic E-state index is 0.168. The summed E-state index contributed by atoms with van der Waals surface area (Å²) in [6.45, 7) is 5.72. The predicted octanol–water partition coefficient (Wildman–Crippen LogP) is 1.61. The molecule has 0 heterocycles. The molecular weight excluding hydrogens is 238 g/mol. The lowest BCUT2D eigenvalue weighted by Crippen LogP contribution is -2.44. The summed E-state index contributed by atoms with van der Waals surface area (Å²) in [4.78, 5) is 16.4. The Morgan fingerprint density at radius 2 is 1.84 bits per heavy atom. The lowest BCUT2D eigenvalue weighted by Gasteiger charge is -2.30. The van der Waals surface area contributed by atoms with E-state index in [0.29, 0.717) is 6.42 Å². The number of nitrogens with two attached hydrogens (primary N) is 1. The van der Waals surface area contributed by atoms with Gasteiger partial charge < -0.3 is 15.5 Å². The van der Waals surface area contributed by atoms with Crippen LogP contribution in [0.3, 0.4) is 0 Å². The highest BCUT2D eigenvalue weighted by Crippen LogP contribution is 2.09. The number of nitrogen functional groups attached to an aromatic ring is 1. The Bertz CT molecular complexity index is 400. The van der Waals surface area contributed by atoms with E-state index in [1.807, 2.05) is 50.2 Å². The Kier molecular flexibility index (Phi) is 5.83. The third kappa shape index (κ3) is 4.91. The summed E-state index contributed by atoms with van der Waals surface area (Å²) in [5.41, 5.74) is 7.38. The van der Waals surface area contributed by atoms with Crippen LogP contribution in [0.2, 0.25) is 0 Å². The van der Waals surface area contributed by atoms with Crippen molar-refractivity contribution in [1.82, 2.24) is 9.80 Å². The topological polar surface area (TPSA) is 49.6 Å². The molecule has 4 nitrogen and oxygen atoms in total. The number of benzene rings is 1. The van der Waals surface area contributed by atoms with E-state index in [2.05, 4.69) is 11.8 Å². The molecular formula is C15H25N3O. The molecule has 1 aromatic rings. The minimum absolute atomic E-state index is 0.168. The van der Waals surface area contributed by atoms with Crippen molar-refractivity contribution in [2.45, 2.75) is 26.3 Å². The third-order valence-corrected chi connectivity index (χ3v) is 3.16. The maximum atomic E-state index is 12.3. The van der Waals surface area contributed by atoms with E-state index < -0.39 is 0 Å². The summed E-state index contributed by atoms with van der Waals surface area (Å²) in [7, 11) is 4.05. The van der Waals surface area contributed by atoms with Crippen LogP contribution in [0, 0.1) is 0 Å². The van der Waals surface area contributed by atoms with Crippen molar-refractivity contribution in [3.63, 3.8) is 0 Å². The lowest BCUT2D eigenvalue weighted by molar-refractivity contribution is -0.132. The maximum absolute atomic E-state index is 12.3. The van der Waals surface area contributed by atoms with Crippen LogP contribution in [0.4, 0.5) is 5.69 Å². The molecule has 0 bridgehead atoms. The van der Waals surface area contributed by atoms with Gasteiger partial charge in [0.1, 0.15) is 0 Å². The molecule has 0 saturated carbocycles. The molecule has 1 atom stereocenters. The lowest BCUT2D eigenvalue weighted by atomic mass is 10.1. The molecule has 106 valence electrons. The number of carbonyl (C=O) groups excluding carboxylic acids is 1. The Balaban J connectivity index is 2.65. The zero-order chi connectivity index (χ0) is 14.4. The van der Waals surface area contributed by atoms with E-state index in [0.717, 1.165) is 24.3 Å². The molecule has 1 aromatic carbocycles. The number of nitrogens with zero attached hydrogens (tertiary/aromatic N) is 2. The molecule has 0 fully saturated rings. The van der Waals surface area contributed by atoms with Crippen molar-refractivity contribution >= 4 is 11.6 Å². The minimum Gasteiger partial charge on any atom is -0.399 e. The molecule has 1 amide bonds. The highest BCUT2D eigenvalue weighted by atomic mass is 16.2. The van der Waals surface area contributed by atoms with Crippen molar-refractivity contribution in [3.8, 4) is 0 Å². The van der Waals surface area contributed by atoms with E-state index in [1.54, 1.807) is 0 Å². The van der Waals surface area contributed by atoms with Crippen LogP contribution in [0.1, 0.15) is 19.4 Å². The summed E-state index contributed by atoms with van der Waals surface area (Å²) in [6.07, 6.45) is 0.436. The number of likely N-dealkylation sites (N-methyl/N-ethyl adjacent to an activating group) is 2. The average molecular weight is 263 g/mol. The van der Waals surface area contributed by atoms with Crippen LogP contribution < -0.4 is 5.73 Å². The van der Waals surface area contributed by atoms with Gasteiger partial charge in [0.05, 0.1) is 6.42 Å². The fourth-order valence-electron chi connectivity index (χ4n) is 2.27. The number of carbonyl (C=O) groups is 1. The summed E-state index contributed by atoms with van der Waals surface area (Å²) >= 11 is 0. The highest BCUT2D eigenvalue weighted by molar-refractivity contribution is 5.79. The zero-order valence-corrected chi connectivity index (χ0v) is 12.4. The van der Waals surface area contributed by atoms with Gasteiger partial charge >= 0.3 is 0 Å². The number of amides is 1. The number of hydrogen-bond donors (Lipinski definition) is 1. The van der Waals surface area contributed by atoms with Gasteiger partial charge in [-0.1, -0.05) is 12.1 Å². The molecule has 1 unspecified atom stereocenters. The quantitative estimate of drug-likeness (QED) is 0.793. The zero-order valence-electron chi connectivity index (χ0n) is 12.4. The Morgan fingerprint density at radius 3 is 2.32 bits per heavy atom. The Labute approximate surface area is 116 Å². The molecule has 0 aliphatic carbocycles. The molecule has 4 heteroatoms. The molecule has 19 heavy (non-hydrogen) atoms. The number of hydrogen-bond acceptors (Lipinski definition) is 3. The maximum Gasteiger partial charge on any atom is 0.227 e. The second kappa shape index (κ2) is 7.14. The standard InChI is InChI=1S/C15H25N3O/c1-5-18(12(2)11-17(3)4)15(19)10-13-6-8-14(16)9-7-13/h6-9,12H,5,10-11,16H2,1-4H3. The van der Waals surface area contributed by atoms with Crippen molar-refractivity contribution in [3.05, 3.63) is 29.8 Å². The molecule has 0 aliphatic heterocycles. The van der Waals surface area contributed by atoms with Gasteiger partial charge in [-0.3, -0.25) is 4.79 Å². The van der Waals surface area contributed by atoms with Crippen molar-refractivity contribution in [1.29, 1.82) is 0 Å². The van der Waals surface area contributed by atoms with Crippen LogP contribution in [-0.4, -0.2) is 48.9 Å². The molecule has 0 spiro atoms. The van der Waals surface area contributed by atoms with E-state index in [9.17, 15) is 4.79 Å². The second-order valence-electron chi connectivity index (χ2n) is 5.21. The van der Waals surface area contributed by atoms with Crippen molar-refractivity contribution in [2.24, 2.45) is 0 Å². The summed E-state index contributed by atoms with van der Waals surface area (Å²) in [6, 6.07) is 7.72. The average Bonchev–Trinajstić information content (AvgIpc) is 2.32. The normalized spacial score (nSPS) is 12.5. The van der Waals surface area contributed by atoms with Crippen molar-refractivity contribution in [2.75, 3.05) is 32.9 Å².